The van der Waals surface area contributed by atoms with Gasteiger partial charge in [0.05, 0.1) is 26.2 Å². The van der Waals surface area contributed by atoms with Gasteiger partial charge >= 0.3 is 5.63 Å². The lowest BCUT2D eigenvalue weighted by Crippen LogP contribution is -2.39. The predicted octanol–water partition coefficient (Wildman–Crippen LogP) is 4.09. The Morgan fingerprint density at radius 1 is 1.20 bits per heavy atom. The maximum absolute atomic E-state index is 13.3. The van der Waals surface area contributed by atoms with Crippen LogP contribution in [0.5, 0.6) is 11.5 Å². The summed E-state index contributed by atoms with van der Waals surface area (Å²) in [6, 6.07) is 3.88. The molecule has 1 aromatic carbocycles. The second-order valence-electron chi connectivity index (χ2n) is 10.1. The fraction of sp³-hybridized carbons (Fsp3) is 0.583. The van der Waals surface area contributed by atoms with E-state index in [0.717, 1.165) is 36.8 Å². The average Bonchev–Trinajstić information content (AvgIpc) is 2.92. The first-order valence-electron chi connectivity index (χ1n) is 10.5. The standard InChI is InChI=1S/C24H31NO5/c1-14-16-7-8-18(28-5)21(29-6)20(16)30-22(27)17(14)9-19(26)25-13-24(4)11-15(25)10-23(2,3)12-24/h7-8,15H,9-13H2,1-6H3. The molecular formula is C24H31NO5. The molecule has 1 aromatic heterocycles. The molecule has 6 nitrogen and oxygen atoms in total. The Hall–Kier alpha value is -2.50. The monoisotopic (exact) mass is 413 g/mol. The Morgan fingerprint density at radius 2 is 1.93 bits per heavy atom. The van der Waals surface area contributed by atoms with E-state index in [1.165, 1.54) is 14.2 Å². The van der Waals surface area contributed by atoms with Gasteiger partial charge in [0.2, 0.25) is 11.7 Å². The lowest BCUT2D eigenvalue weighted by atomic mass is 9.65. The number of amides is 1. The summed E-state index contributed by atoms with van der Waals surface area (Å²) >= 11 is 0. The van der Waals surface area contributed by atoms with E-state index in [1.54, 1.807) is 6.07 Å². The zero-order valence-electron chi connectivity index (χ0n) is 18.8. The van der Waals surface area contributed by atoms with Crippen molar-refractivity contribution in [2.75, 3.05) is 20.8 Å². The van der Waals surface area contributed by atoms with Crippen LogP contribution in [0.15, 0.2) is 21.3 Å². The number of carbonyl (C=O) groups excluding carboxylic acids is 1. The number of rotatable bonds is 4. The maximum Gasteiger partial charge on any atom is 0.340 e. The molecule has 162 valence electrons. The zero-order chi connectivity index (χ0) is 21.8. The van der Waals surface area contributed by atoms with Crippen molar-refractivity contribution in [1.82, 2.24) is 4.90 Å². The molecule has 0 spiro atoms. The lowest BCUT2D eigenvalue weighted by molar-refractivity contribution is -0.131. The van der Waals surface area contributed by atoms with Crippen LogP contribution in [0.3, 0.4) is 0 Å². The topological polar surface area (TPSA) is 69.0 Å². The summed E-state index contributed by atoms with van der Waals surface area (Å²) in [5, 5.41) is 0.753. The van der Waals surface area contributed by atoms with Crippen LogP contribution >= 0.6 is 0 Å². The number of fused-ring (bicyclic) bond motifs is 3. The van der Waals surface area contributed by atoms with Crippen molar-refractivity contribution >= 4 is 16.9 Å². The second kappa shape index (κ2) is 7.03. The van der Waals surface area contributed by atoms with E-state index < -0.39 is 5.63 Å². The second-order valence-corrected chi connectivity index (χ2v) is 10.1. The van der Waals surface area contributed by atoms with E-state index >= 15 is 0 Å². The number of hydrogen-bond acceptors (Lipinski definition) is 5. The molecule has 1 aliphatic carbocycles. The van der Waals surface area contributed by atoms with E-state index in [0.29, 0.717) is 22.6 Å². The van der Waals surface area contributed by atoms with E-state index in [1.807, 2.05) is 17.9 Å². The Balaban J connectivity index is 1.68. The molecule has 2 atom stereocenters. The summed E-state index contributed by atoms with van der Waals surface area (Å²) in [7, 11) is 3.05. The van der Waals surface area contributed by atoms with Gasteiger partial charge in [-0.05, 0) is 54.7 Å². The number of aryl methyl sites for hydroxylation is 1. The predicted molar refractivity (Wildman–Crippen MR) is 115 cm³/mol. The third-order valence-corrected chi connectivity index (χ3v) is 6.86. The largest absolute Gasteiger partial charge is 0.493 e. The molecule has 1 amide bonds. The van der Waals surface area contributed by atoms with Gasteiger partial charge in [0.15, 0.2) is 11.3 Å². The van der Waals surface area contributed by atoms with E-state index in [9.17, 15) is 9.59 Å². The van der Waals surface area contributed by atoms with Gasteiger partial charge < -0.3 is 18.8 Å². The number of methoxy groups -OCH3 is 2. The summed E-state index contributed by atoms with van der Waals surface area (Å²) in [6.45, 7) is 9.48. The number of ether oxygens (including phenoxy) is 2. The van der Waals surface area contributed by atoms with Gasteiger partial charge in [0.1, 0.15) is 0 Å². The van der Waals surface area contributed by atoms with Gasteiger partial charge in [-0.3, -0.25) is 4.79 Å². The van der Waals surface area contributed by atoms with Gasteiger partial charge in [0.25, 0.3) is 0 Å². The molecule has 1 aliphatic heterocycles. The first-order chi connectivity index (χ1) is 14.1. The number of hydrogen-bond donors (Lipinski definition) is 0. The number of carbonyl (C=O) groups is 1. The fourth-order valence-corrected chi connectivity index (χ4v) is 5.97. The first-order valence-corrected chi connectivity index (χ1v) is 10.5. The van der Waals surface area contributed by atoms with Gasteiger partial charge in [-0.1, -0.05) is 20.8 Å². The van der Waals surface area contributed by atoms with Crippen LogP contribution in [0.25, 0.3) is 11.0 Å². The van der Waals surface area contributed by atoms with Crippen molar-refractivity contribution in [3.63, 3.8) is 0 Å². The highest BCUT2D eigenvalue weighted by molar-refractivity contribution is 5.90. The van der Waals surface area contributed by atoms with Crippen LogP contribution in [0.4, 0.5) is 0 Å². The smallest absolute Gasteiger partial charge is 0.340 e. The Morgan fingerprint density at radius 3 is 2.60 bits per heavy atom. The van der Waals surface area contributed by atoms with Gasteiger partial charge in [0, 0.05) is 18.0 Å². The Kier molecular flexibility index (Phi) is 4.87. The van der Waals surface area contributed by atoms with Crippen molar-refractivity contribution in [3.8, 4) is 11.5 Å². The van der Waals surface area contributed by atoms with Gasteiger partial charge in [-0.2, -0.15) is 0 Å². The van der Waals surface area contributed by atoms with Crippen LogP contribution in [0, 0.1) is 17.8 Å². The van der Waals surface area contributed by atoms with E-state index in [-0.39, 0.29) is 29.2 Å². The quantitative estimate of drug-likeness (QED) is 0.706. The zero-order valence-corrected chi connectivity index (χ0v) is 18.8. The molecule has 0 radical (unpaired) electrons. The highest BCUT2D eigenvalue weighted by Crippen LogP contribution is 2.52. The molecule has 2 bridgehead atoms. The van der Waals surface area contributed by atoms with Crippen LogP contribution < -0.4 is 15.1 Å². The highest BCUT2D eigenvalue weighted by Gasteiger charge is 2.50. The number of benzene rings is 1. The third-order valence-electron chi connectivity index (χ3n) is 6.86. The van der Waals surface area contributed by atoms with Crippen molar-refractivity contribution < 1.29 is 18.7 Å². The third kappa shape index (κ3) is 3.36. The van der Waals surface area contributed by atoms with Crippen LogP contribution in [0.1, 0.15) is 51.2 Å². The van der Waals surface area contributed by atoms with Crippen molar-refractivity contribution in [3.05, 3.63) is 33.7 Å². The minimum absolute atomic E-state index is 0.0108. The molecule has 1 saturated carbocycles. The Bertz CT molecular complexity index is 1070. The molecule has 6 heteroatoms. The SMILES string of the molecule is COc1ccc2c(C)c(CC(=O)N3CC4(C)CC3CC(C)(C)C4)c(=O)oc2c1OC. The minimum Gasteiger partial charge on any atom is -0.493 e. The molecular weight excluding hydrogens is 382 g/mol. The average molecular weight is 414 g/mol. The van der Waals surface area contributed by atoms with E-state index in [4.69, 9.17) is 13.9 Å². The summed E-state index contributed by atoms with van der Waals surface area (Å²) in [6.07, 6.45) is 3.24. The van der Waals surface area contributed by atoms with Gasteiger partial charge in [-0.25, -0.2) is 4.79 Å². The number of nitrogens with zero attached hydrogens (tertiary/aromatic N) is 1. The molecule has 2 aromatic rings. The molecule has 30 heavy (non-hydrogen) atoms. The molecule has 2 fully saturated rings. The molecule has 4 rings (SSSR count). The Labute approximate surface area is 177 Å². The molecule has 1 saturated heterocycles. The molecule has 2 unspecified atom stereocenters. The van der Waals surface area contributed by atoms with Crippen LogP contribution in [-0.2, 0) is 11.2 Å². The summed E-state index contributed by atoms with van der Waals surface area (Å²) in [5.41, 5.74) is 1.43. The molecule has 2 heterocycles. The summed E-state index contributed by atoms with van der Waals surface area (Å²) < 4.78 is 16.3. The maximum atomic E-state index is 13.3. The lowest BCUT2D eigenvalue weighted by Gasteiger charge is -2.39. The molecule has 0 N–H and O–H groups in total. The van der Waals surface area contributed by atoms with Crippen molar-refractivity contribution in [1.29, 1.82) is 0 Å². The minimum atomic E-state index is -0.492. The van der Waals surface area contributed by atoms with Gasteiger partial charge in [-0.15, -0.1) is 0 Å². The highest BCUT2D eigenvalue weighted by atomic mass is 16.5. The van der Waals surface area contributed by atoms with E-state index in [2.05, 4.69) is 20.8 Å². The number of likely N-dealkylation sites (tertiary alicyclic amines) is 1. The first kappa shape index (κ1) is 20.8. The van der Waals surface area contributed by atoms with Crippen LogP contribution in [0.2, 0.25) is 0 Å². The summed E-state index contributed by atoms with van der Waals surface area (Å²) in [5.74, 6) is 0.893. The van der Waals surface area contributed by atoms with Crippen molar-refractivity contribution in [2.24, 2.45) is 10.8 Å². The van der Waals surface area contributed by atoms with Crippen LogP contribution in [-0.4, -0.2) is 37.6 Å². The van der Waals surface area contributed by atoms with Crippen molar-refractivity contribution in [2.45, 2.75) is 59.4 Å². The molecule has 2 aliphatic rings. The summed E-state index contributed by atoms with van der Waals surface area (Å²) in [4.78, 5) is 28.1. The fourth-order valence-electron chi connectivity index (χ4n) is 5.97. The normalized spacial score (nSPS) is 24.9.